The molecule has 1 atom stereocenters. The van der Waals surface area contributed by atoms with Crippen LogP contribution >= 0.6 is 0 Å². The normalized spacial score (nSPS) is 19.2. The minimum absolute atomic E-state index is 0.184. The van der Waals surface area contributed by atoms with Crippen LogP contribution in [-0.4, -0.2) is 47.3 Å². The molecular formula is C18H23FN4O4. The molecule has 0 bridgehead atoms. The van der Waals surface area contributed by atoms with Gasteiger partial charge in [-0.1, -0.05) is 13.8 Å². The van der Waals surface area contributed by atoms with Crippen molar-refractivity contribution in [2.24, 2.45) is 5.92 Å². The maximum absolute atomic E-state index is 12.8. The Morgan fingerprint density at radius 3 is 2.41 bits per heavy atom. The Morgan fingerprint density at radius 1 is 1.19 bits per heavy atom. The topological polar surface area (TPSA) is 108 Å². The van der Waals surface area contributed by atoms with Crippen LogP contribution in [0.1, 0.15) is 27.2 Å². The molecule has 146 valence electrons. The van der Waals surface area contributed by atoms with Gasteiger partial charge in [-0.2, -0.15) is 0 Å². The number of nitrogens with zero attached hydrogens (tertiary/aromatic N) is 1. The molecule has 9 heteroatoms. The summed E-state index contributed by atoms with van der Waals surface area (Å²) in [6, 6.07) is 4.53. The average molecular weight is 378 g/mol. The van der Waals surface area contributed by atoms with Crippen molar-refractivity contribution in [2.45, 2.75) is 32.7 Å². The van der Waals surface area contributed by atoms with Gasteiger partial charge in [-0.3, -0.25) is 19.3 Å². The molecule has 0 saturated carbocycles. The first-order chi connectivity index (χ1) is 12.6. The maximum Gasteiger partial charge on any atom is 0.325 e. The van der Waals surface area contributed by atoms with Gasteiger partial charge in [0, 0.05) is 5.69 Å². The summed E-state index contributed by atoms with van der Waals surface area (Å²) >= 11 is 0. The molecule has 1 aromatic carbocycles. The van der Waals surface area contributed by atoms with Crippen LogP contribution in [0.5, 0.6) is 0 Å². The fraction of sp³-hybridized carbons (Fsp3) is 0.444. The van der Waals surface area contributed by atoms with E-state index in [0.29, 0.717) is 12.1 Å². The summed E-state index contributed by atoms with van der Waals surface area (Å²) in [5.74, 6) is -1.87. The number of hydrogen-bond donors (Lipinski definition) is 3. The van der Waals surface area contributed by atoms with Gasteiger partial charge in [-0.25, -0.2) is 9.18 Å². The molecule has 3 N–H and O–H groups in total. The van der Waals surface area contributed by atoms with Crippen LogP contribution in [0.3, 0.4) is 0 Å². The number of urea groups is 1. The van der Waals surface area contributed by atoms with Gasteiger partial charge in [-0.05, 0) is 43.5 Å². The summed E-state index contributed by atoms with van der Waals surface area (Å²) < 4.78 is 12.8. The monoisotopic (exact) mass is 378 g/mol. The highest BCUT2D eigenvalue weighted by Gasteiger charge is 2.48. The lowest BCUT2D eigenvalue weighted by Gasteiger charge is -2.23. The Labute approximate surface area is 156 Å². The zero-order valence-corrected chi connectivity index (χ0v) is 15.5. The first kappa shape index (κ1) is 20.3. The maximum atomic E-state index is 12.8. The highest BCUT2D eigenvalue weighted by Crippen LogP contribution is 2.24. The van der Waals surface area contributed by atoms with Crippen molar-refractivity contribution in [1.29, 1.82) is 0 Å². The highest BCUT2D eigenvalue weighted by atomic mass is 19.1. The first-order valence-corrected chi connectivity index (χ1v) is 8.57. The van der Waals surface area contributed by atoms with Gasteiger partial charge in [0.2, 0.25) is 11.8 Å². The van der Waals surface area contributed by atoms with E-state index in [4.69, 9.17) is 0 Å². The molecule has 2 rings (SSSR count). The van der Waals surface area contributed by atoms with Crippen LogP contribution < -0.4 is 16.0 Å². The Morgan fingerprint density at radius 2 is 1.81 bits per heavy atom. The van der Waals surface area contributed by atoms with E-state index in [1.165, 1.54) is 24.3 Å². The van der Waals surface area contributed by atoms with Crippen molar-refractivity contribution in [3.8, 4) is 0 Å². The Bertz CT molecular complexity index is 750. The molecule has 0 spiro atoms. The number of benzene rings is 1. The SMILES string of the molecule is CC(C)C[C@@]1(C)NC(=O)N(CC(=O)NCC(=O)Nc2ccc(F)cc2)C1=O. The first-order valence-electron chi connectivity index (χ1n) is 8.57. The molecule has 1 aliphatic heterocycles. The van der Waals surface area contributed by atoms with Gasteiger partial charge in [0.15, 0.2) is 0 Å². The van der Waals surface area contributed by atoms with E-state index in [0.717, 1.165) is 4.90 Å². The van der Waals surface area contributed by atoms with E-state index in [1.807, 2.05) is 13.8 Å². The number of halogens is 1. The molecule has 0 aromatic heterocycles. The van der Waals surface area contributed by atoms with Crippen molar-refractivity contribution in [3.05, 3.63) is 30.1 Å². The molecule has 1 heterocycles. The van der Waals surface area contributed by atoms with Crippen LogP contribution in [0.25, 0.3) is 0 Å². The van der Waals surface area contributed by atoms with E-state index >= 15 is 0 Å². The van der Waals surface area contributed by atoms with Gasteiger partial charge in [0.25, 0.3) is 5.91 Å². The number of nitrogens with one attached hydrogen (secondary N) is 3. The summed E-state index contributed by atoms with van der Waals surface area (Å²) in [5, 5.41) is 7.46. The molecule has 0 aliphatic carbocycles. The summed E-state index contributed by atoms with van der Waals surface area (Å²) in [4.78, 5) is 49.2. The smallest absolute Gasteiger partial charge is 0.325 e. The molecule has 27 heavy (non-hydrogen) atoms. The fourth-order valence-corrected chi connectivity index (χ4v) is 2.96. The van der Waals surface area contributed by atoms with Crippen LogP contribution in [0.15, 0.2) is 24.3 Å². The summed E-state index contributed by atoms with van der Waals surface area (Å²) in [7, 11) is 0. The lowest BCUT2D eigenvalue weighted by molar-refractivity contribution is -0.135. The van der Waals surface area contributed by atoms with Gasteiger partial charge >= 0.3 is 6.03 Å². The van der Waals surface area contributed by atoms with Crippen molar-refractivity contribution in [3.63, 3.8) is 0 Å². The van der Waals surface area contributed by atoms with Gasteiger partial charge in [-0.15, -0.1) is 0 Å². The lowest BCUT2D eigenvalue weighted by Crippen LogP contribution is -2.46. The number of amides is 5. The zero-order valence-electron chi connectivity index (χ0n) is 15.5. The highest BCUT2D eigenvalue weighted by molar-refractivity contribution is 6.09. The third-order valence-corrected chi connectivity index (χ3v) is 4.04. The second kappa shape index (κ2) is 8.15. The van der Waals surface area contributed by atoms with E-state index in [1.54, 1.807) is 6.92 Å². The molecule has 1 aliphatic rings. The Balaban J connectivity index is 1.84. The Hall–Kier alpha value is -2.97. The van der Waals surface area contributed by atoms with Gasteiger partial charge in [0.05, 0.1) is 6.54 Å². The fourth-order valence-electron chi connectivity index (χ4n) is 2.96. The third kappa shape index (κ3) is 5.25. The summed E-state index contributed by atoms with van der Waals surface area (Å²) in [6.07, 6.45) is 0.454. The van der Waals surface area contributed by atoms with Crippen molar-refractivity contribution >= 4 is 29.4 Å². The summed E-state index contributed by atoms with van der Waals surface area (Å²) in [6.45, 7) is 4.67. The zero-order chi connectivity index (χ0) is 20.2. The van der Waals surface area contributed by atoms with Crippen molar-refractivity contribution < 1.29 is 23.6 Å². The number of hydrogen-bond acceptors (Lipinski definition) is 4. The molecule has 1 saturated heterocycles. The molecule has 1 fully saturated rings. The predicted molar refractivity (Wildman–Crippen MR) is 96.1 cm³/mol. The minimum atomic E-state index is -1.04. The number of imide groups is 1. The van der Waals surface area contributed by atoms with Crippen LogP contribution in [0.2, 0.25) is 0 Å². The minimum Gasteiger partial charge on any atom is -0.345 e. The quantitative estimate of drug-likeness (QED) is 0.621. The lowest BCUT2D eigenvalue weighted by atomic mass is 9.91. The van der Waals surface area contributed by atoms with E-state index in [-0.39, 0.29) is 12.5 Å². The van der Waals surface area contributed by atoms with Gasteiger partial charge < -0.3 is 16.0 Å². The molecular weight excluding hydrogens is 355 g/mol. The summed E-state index contributed by atoms with van der Waals surface area (Å²) in [5.41, 5.74) is -0.653. The second-order valence-corrected chi connectivity index (χ2v) is 7.08. The van der Waals surface area contributed by atoms with E-state index in [9.17, 15) is 23.6 Å². The van der Waals surface area contributed by atoms with Crippen molar-refractivity contribution in [1.82, 2.24) is 15.5 Å². The Kier molecular flexibility index (Phi) is 6.14. The number of carbonyl (C=O) groups is 4. The molecule has 0 radical (unpaired) electrons. The third-order valence-electron chi connectivity index (χ3n) is 4.04. The van der Waals surface area contributed by atoms with E-state index in [2.05, 4.69) is 16.0 Å². The molecule has 0 unspecified atom stereocenters. The van der Waals surface area contributed by atoms with Gasteiger partial charge in [0.1, 0.15) is 17.9 Å². The predicted octanol–water partition coefficient (Wildman–Crippen LogP) is 1.24. The number of anilines is 1. The standard InChI is InChI=1S/C18H23FN4O4/c1-11(2)8-18(3)16(26)23(17(27)22-18)10-15(25)20-9-14(24)21-13-6-4-12(19)5-7-13/h4-7,11H,8-10H2,1-3H3,(H,20,25)(H,21,24)(H,22,27)/t18-/m1/s1. The second-order valence-electron chi connectivity index (χ2n) is 7.08. The van der Waals surface area contributed by atoms with Crippen LogP contribution in [0, 0.1) is 11.7 Å². The van der Waals surface area contributed by atoms with Crippen LogP contribution in [-0.2, 0) is 14.4 Å². The largest absolute Gasteiger partial charge is 0.345 e. The average Bonchev–Trinajstić information content (AvgIpc) is 2.77. The molecule has 8 nitrogen and oxygen atoms in total. The molecule has 1 aromatic rings. The van der Waals surface area contributed by atoms with E-state index < -0.39 is 41.7 Å². The number of rotatable bonds is 7. The molecule has 5 amide bonds. The number of carbonyl (C=O) groups excluding carboxylic acids is 4. The van der Waals surface area contributed by atoms with Crippen LogP contribution in [0.4, 0.5) is 14.9 Å². The van der Waals surface area contributed by atoms with Crippen molar-refractivity contribution in [2.75, 3.05) is 18.4 Å².